The van der Waals surface area contributed by atoms with Crippen molar-refractivity contribution in [3.63, 3.8) is 0 Å². The molecule has 146 valence electrons. The molecule has 2 aromatic heterocycles. The van der Waals surface area contributed by atoms with E-state index < -0.39 is 0 Å². The van der Waals surface area contributed by atoms with E-state index in [9.17, 15) is 9.59 Å². The summed E-state index contributed by atoms with van der Waals surface area (Å²) in [6, 6.07) is 4.95. The highest BCUT2D eigenvalue weighted by Crippen LogP contribution is 2.25. The maximum Gasteiger partial charge on any atom is 0.251 e. The van der Waals surface area contributed by atoms with Crippen LogP contribution < -0.4 is 16.1 Å². The van der Waals surface area contributed by atoms with Gasteiger partial charge in [-0.2, -0.15) is 0 Å². The highest BCUT2D eigenvalue weighted by Gasteiger charge is 2.17. The van der Waals surface area contributed by atoms with Crippen LogP contribution in [0.5, 0.6) is 0 Å². The number of benzene rings is 1. The van der Waals surface area contributed by atoms with E-state index in [-0.39, 0.29) is 17.9 Å². The molecule has 3 N–H and O–H groups in total. The Hall–Kier alpha value is -2.64. The van der Waals surface area contributed by atoms with E-state index in [1.165, 1.54) is 17.4 Å². The Morgan fingerprint density at radius 3 is 2.75 bits per heavy atom. The van der Waals surface area contributed by atoms with Gasteiger partial charge in [-0.25, -0.2) is 4.98 Å². The van der Waals surface area contributed by atoms with Gasteiger partial charge in [0.1, 0.15) is 5.01 Å². The van der Waals surface area contributed by atoms with E-state index in [2.05, 4.69) is 20.6 Å². The van der Waals surface area contributed by atoms with Crippen molar-refractivity contribution in [1.82, 2.24) is 15.3 Å². The number of nitrogens with zero attached hydrogens (tertiary/aromatic N) is 1. The molecule has 0 atom stereocenters. The van der Waals surface area contributed by atoms with Gasteiger partial charge in [-0.3, -0.25) is 9.59 Å². The van der Waals surface area contributed by atoms with Crippen LogP contribution >= 0.6 is 22.9 Å². The molecule has 6 nitrogen and oxygen atoms in total. The number of pyridine rings is 1. The number of aryl methyl sites for hydroxylation is 1. The average molecular weight is 417 g/mol. The van der Waals surface area contributed by atoms with Crippen molar-refractivity contribution in [2.45, 2.75) is 27.3 Å². The van der Waals surface area contributed by atoms with Gasteiger partial charge in [-0.15, -0.1) is 11.3 Å². The summed E-state index contributed by atoms with van der Waals surface area (Å²) in [5.74, 6) is -0.288. The molecule has 0 aliphatic carbocycles. The second-order valence-corrected chi connectivity index (χ2v) is 7.68. The van der Waals surface area contributed by atoms with Crippen LogP contribution in [0, 0.1) is 13.8 Å². The van der Waals surface area contributed by atoms with Gasteiger partial charge in [0.2, 0.25) is 0 Å². The minimum atomic E-state index is -0.288. The minimum absolute atomic E-state index is 0.0891. The lowest BCUT2D eigenvalue weighted by Gasteiger charge is -2.14. The molecule has 3 aromatic rings. The molecular weight excluding hydrogens is 396 g/mol. The summed E-state index contributed by atoms with van der Waals surface area (Å²) in [4.78, 5) is 32.8. The van der Waals surface area contributed by atoms with E-state index in [1.807, 2.05) is 26.2 Å². The molecule has 3 rings (SSSR count). The quantitative estimate of drug-likeness (QED) is 0.563. The molecule has 8 heteroatoms. The van der Waals surface area contributed by atoms with Crippen LogP contribution in [0.2, 0.25) is 5.02 Å². The molecule has 1 aromatic carbocycles. The van der Waals surface area contributed by atoms with E-state index in [4.69, 9.17) is 11.6 Å². The number of aromatic nitrogens is 2. The fraction of sp³-hybridized carbons (Fsp3) is 0.250. The maximum atomic E-state index is 12.8. The zero-order valence-electron chi connectivity index (χ0n) is 15.9. The van der Waals surface area contributed by atoms with Crippen molar-refractivity contribution in [1.29, 1.82) is 0 Å². The fourth-order valence-electron chi connectivity index (χ4n) is 2.97. The monoisotopic (exact) mass is 416 g/mol. The Labute approximate surface area is 172 Å². The summed E-state index contributed by atoms with van der Waals surface area (Å²) in [7, 11) is 0. The Bertz CT molecular complexity index is 1060. The number of thiazole rings is 1. The molecule has 0 aliphatic rings. The molecule has 1 amide bonds. The topological polar surface area (TPSA) is 86.9 Å². The van der Waals surface area contributed by atoms with Gasteiger partial charge in [0.15, 0.2) is 5.43 Å². The van der Waals surface area contributed by atoms with Crippen LogP contribution in [0.3, 0.4) is 0 Å². The number of anilines is 1. The largest absolute Gasteiger partial charge is 0.385 e. The van der Waals surface area contributed by atoms with E-state index in [0.717, 1.165) is 23.5 Å². The first-order valence-electron chi connectivity index (χ1n) is 8.85. The first-order valence-corrected chi connectivity index (χ1v) is 10.1. The molecular formula is C20H21ClN4O2S. The molecule has 0 radical (unpaired) electrons. The number of halogens is 1. The van der Waals surface area contributed by atoms with E-state index in [1.54, 1.807) is 18.3 Å². The molecule has 0 saturated heterocycles. The smallest absolute Gasteiger partial charge is 0.251 e. The second kappa shape index (κ2) is 8.58. The van der Waals surface area contributed by atoms with Crippen molar-refractivity contribution in [2.24, 2.45) is 0 Å². The van der Waals surface area contributed by atoms with Crippen molar-refractivity contribution in [3.8, 4) is 10.7 Å². The Kier molecular flexibility index (Phi) is 6.16. The summed E-state index contributed by atoms with van der Waals surface area (Å²) < 4.78 is 0. The third-order valence-electron chi connectivity index (χ3n) is 4.33. The van der Waals surface area contributed by atoms with E-state index >= 15 is 0 Å². The van der Waals surface area contributed by atoms with Gasteiger partial charge in [-0.1, -0.05) is 11.6 Å². The normalized spacial score (nSPS) is 10.7. The van der Waals surface area contributed by atoms with Gasteiger partial charge >= 0.3 is 0 Å². The molecule has 2 heterocycles. The van der Waals surface area contributed by atoms with Crippen molar-refractivity contribution >= 4 is 34.5 Å². The number of carbonyl (C=O) groups is 1. The maximum absolute atomic E-state index is 12.8. The van der Waals surface area contributed by atoms with E-state index in [0.29, 0.717) is 26.9 Å². The average Bonchev–Trinajstić information content (AvgIpc) is 3.17. The number of rotatable bonds is 6. The summed E-state index contributed by atoms with van der Waals surface area (Å²) in [5.41, 5.74) is 3.81. The van der Waals surface area contributed by atoms with Crippen LogP contribution in [-0.4, -0.2) is 22.4 Å². The van der Waals surface area contributed by atoms with Crippen LogP contribution in [0.1, 0.15) is 34.1 Å². The standard InChI is InChI=1S/C20H21ClN4O2S/c1-4-22-16-9-13(21)8-14(12(16)3)19(27)24-10-15-17(26)7-11(2)25-18(15)20-23-5-6-28-20/h5-9,22H,4,10H2,1-3H3,(H,24,27)(H,25,26). The summed E-state index contributed by atoms with van der Waals surface area (Å²) in [6.45, 7) is 6.47. The number of hydrogen-bond donors (Lipinski definition) is 3. The van der Waals surface area contributed by atoms with Gasteiger partial charge in [-0.05, 0) is 38.5 Å². The number of hydrogen-bond acceptors (Lipinski definition) is 5. The fourth-order valence-corrected chi connectivity index (χ4v) is 3.86. The third-order valence-corrected chi connectivity index (χ3v) is 5.33. The predicted octanol–water partition coefficient (Wildman–Crippen LogP) is 4.13. The molecule has 0 aliphatic heterocycles. The zero-order chi connectivity index (χ0) is 20.3. The van der Waals surface area contributed by atoms with Crippen molar-refractivity contribution in [2.75, 3.05) is 11.9 Å². The first kappa shape index (κ1) is 20.1. The number of carbonyl (C=O) groups excluding carboxylic acids is 1. The van der Waals surface area contributed by atoms with Crippen LogP contribution in [-0.2, 0) is 6.54 Å². The molecule has 0 fully saturated rings. The lowest BCUT2D eigenvalue weighted by molar-refractivity contribution is 0.0950. The molecule has 0 spiro atoms. The number of aromatic amines is 1. The van der Waals surface area contributed by atoms with Gasteiger partial charge in [0.25, 0.3) is 5.91 Å². The van der Waals surface area contributed by atoms with Crippen LogP contribution in [0.4, 0.5) is 5.69 Å². The lowest BCUT2D eigenvalue weighted by atomic mass is 10.1. The summed E-state index contributed by atoms with van der Waals surface area (Å²) in [5, 5.41) is 9.07. The zero-order valence-corrected chi connectivity index (χ0v) is 17.4. The summed E-state index contributed by atoms with van der Waals surface area (Å²) in [6.07, 6.45) is 1.68. The van der Waals surface area contributed by atoms with Crippen LogP contribution in [0.15, 0.2) is 34.6 Å². The number of nitrogens with one attached hydrogen (secondary N) is 3. The van der Waals surface area contributed by atoms with Gasteiger partial charge in [0.05, 0.1) is 5.69 Å². The minimum Gasteiger partial charge on any atom is -0.385 e. The first-order chi connectivity index (χ1) is 13.4. The highest BCUT2D eigenvalue weighted by atomic mass is 35.5. The molecule has 0 unspecified atom stereocenters. The predicted molar refractivity (Wildman–Crippen MR) is 114 cm³/mol. The number of H-pyrrole nitrogens is 1. The SMILES string of the molecule is CCNc1cc(Cl)cc(C(=O)NCc2c(-c3nccs3)[nH]c(C)cc2=O)c1C. The van der Waals surface area contributed by atoms with Crippen LogP contribution in [0.25, 0.3) is 10.7 Å². The molecule has 0 bridgehead atoms. The van der Waals surface area contributed by atoms with Crippen molar-refractivity contribution in [3.05, 3.63) is 67.4 Å². The lowest BCUT2D eigenvalue weighted by Crippen LogP contribution is -2.27. The molecule has 28 heavy (non-hydrogen) atoms. The van der Waals surface area contributed by atoms with Gasteiger partial charge in [0, 0.05) is 58.3 Å². The molecule has 0 saturated carbocycles. The Morgan fingerprint density at radius 2 is 2.07 bits per heavy atom. The highest BCUT2D eigenvalue weighted by molar-refractivity contribution is 7.13. The number of amides is 1. The summed E-state index contributed by atoms with van der Waals surface area (Å²) >= 11 is 7.60. The van der Waals surface area contributed by atoms with Crippen molar-refractivity contribution < 1.29 is 4.79 Å². The van der Waals surface area contributed by atoms with Gasteiger partial charge < -0.3 is 15.6 Å². The Morgan fingerprint density at radius 1 is 1.29 bits per heavy atom. The second-order valence-electron chi connectivity index (χ2n) is 6.35. The third kappa shape index (κ3) is 4.26. The Balaban J connectivity index is 1.90.